The Hall–Kier alpha value is -2.79. The summed E-state index contributed by atoms with van der Waals surface area (Å²) in [7, 11) is 1.61. The van der Waals surface area contributed by atoms with Gasteiger partial charge in [0.2, 0.25) is 12.7 Å². The van der Waals surface area contributed by atoms with Crippen molar-refractivity contribution >= 4 is 28.5 Å². The van der Waals surface area contributed by atoms with E-state index in [4.69, 9.17) is 10.5 Å². The van der Waals surface area contributed by atoms with Crippen molar-refractivity contribution in [1.29, 1.82) is 0 Å². The molecule has 148 valence electrons. The number of amidine groups is 1. The average Bonchev–Trinajstić information content (AvgIpc) is 2.69. The summed E-state index contributed by atoms with van der Waals surface area (Å²) in [4.78, 5) is 29.1. The van der Waals surface area contributed by atoms with Gasteiger partial charge in [-0.3, -0.25) is 9.78 Å². The minimum Gasteiger partial charge on any atom is -0.445 e. The third-order valence-electron chi connectivity index (χ3n) is 4.24. The molecule has 0 saturated heterocycles. The Bertz CT molecular complexity index is 881. The number of rotatable bonds is 6. The number of aliphatic imine (C=N–C) groups is 1. The fraction of sp³-hybridized carbons (Fsp3) is 0.353. The summed E-state index contributed by atoms with van der Waals surface area (Å²) < 4.78 is 22.3. The summed E-state index contributed by atoms with van der Waals surface area (Å²) >= 11 is 1.42. The number of nitrogens with zero attached hydrogens (tertiary/aromatic N) is 4. The van der Waals surface area contributed by atoms with E-state index < -0.39 is 18.3 Å². The van der Waals surface area contributed by atoms with Gasteiger partial charge < -0.3 is 20.5 Å². The summed E-state index contributed by atoms with van der Waals surface area (Å²) in [5, 5.41) is 3.18. The number of hydrogen-bond acceptors (Lipinski definition) is 9. The monoisotopic (exact) mass is 406 g/mol. The second kappa shape index (κ2) is 8.48. The van der Waals surface area contributed by atoms with Gasteiger partial charge in [0.05, 0.1) is 24.2 Å². The molecular weight excluding hydrogens is 387 g/mol. The van der Waals surface area contributed by atoms with Crippen LogP contribution in [-0.2, 0) is 10.3 Å². The van der Waals surface area contributed by atoms with Gasteiger partial charge in [-0.15, -0.1) is 0 Å². The number of ether oxygens (including phenoxy) is 2. The Balaban J connectivity index is 1.81. The third kappa shape index (κ3) is 4.20. The summed E-state index contributed by atoms with van der Waals surface area (Å²) in [5.41, 5.74) is 6.29. The van der Waals surface area contributed by atoms with E-state index in [1.807, 2.05) is 6.92 Å². The van der Waals surface area contributed by atoms with E-state index in [-0.39, 0.29) is 17.7 Å². The smallest absolute Gasteiger partial charge is 0.275 e. The molecule has 1 aliphatic rings. The first kappa shape index (κ1) is 20.0. The lowest BCUT2D eigenvalue weighted by Crippen LogP contribution is -2.43. The summed E-state index contributed by atoms with van der Waals surface area (Å²) in [6.45, 7) is 0.865. The quantitative estimate of drug-likeness (QED) is 0.743. The van der Waals surface area contributed by atoms with Gasteiger partial charge in [-0.25, -0.2) is 19.4 Å². The number of thioether (sulfide) groups is 1. The first-order valence-electron chi connectivity index (χ1n) is 8.26. The summed E-state index contributed by atoms with van der Waals surface area (Å²) in [6, 6.07) is 3.36. The van der Waals surface area contributed by atoms with Gasteiger partial charge in [0.15, 0.2) is 5.17 Å². The second-order valence-electron chi connectivity index (χ2n) is 6.01. The molecule has 28 heavy (non-hydrogen) atoms. The Morgan fingerprint density at radius 3 is 2.93 bits per heavy atom. The molecule has 0 aliphatic carbocycles. The van der Waals surface area contributed by atoms with Crippen molar-refractivity contribution in [2.75, 3.05) is 25.0 Å². The van der Waals surface area contributed by atoms with E-state index >= 15 is 0 Å². The van der Waals surface area contributed by atoms with Gasteiger partial charge in [0.25, 0.3) is 5.91 Å². The normalized spacial score (nSPS) is 21.7. The van der Waals surface area contributed by atoms with E-state index in [1.165, 1.54) is 24.2 Å². The molecule has 0 aromatic carbocycles. The Morgan fingerprint density at radius 2 is 2.25 bits per heavy atom. The summed E-state index contributed by atoms with van der Waals surface area (Å²) in [6.07, 6.45) is 3.72. The van der Waals surface area contributed by atoms with Crippen LogP contribution in [0.1, 0.15) is 23.1 Å². The molecule has 2 atom stereocenters. The van der Waals surface area contributed by atoms with Gasteiger partial charge in [-0.05, 0) is 19.1 Å². The van der Waals surface area contributed by atoms with E-state index in [0.717, 1.165) is 0 Å². The van der Waals surface area contributed by atoms with Crippen molar-refractivity contribution in [3.8, 4) is 5.88 Å². The highest BCUT2D eigenvalue weighted by molar-refractivity contribution is 8.13. The molecule has 1 aliphatic heterocycles. The molecule has 0 saturated carbocycles. The van der Waals surface area contributed by atoms with Crippen LogP contribution >= 0.6 is 11.8 Å². The van der Waals surface area contributed by atoms with Crippen molar-refractivity contribution in [3.05, 3.63) is 42.1 Å². The number of alkyl halides is 1. The Kier molecular flexibility index (Phi) is 6.05. The number of amides is 1. The largest absolute Gasteiger partial charge is 0.445 e. The molecule has 3 N–H and O–H groups in total. The number of methoxy groups -OCH3 is 1. The maximum absolute atomic E-state index is 12.4. The number of pyridine rings is 1. The zero-order valence-corrected chi connectivity index (χ0v) is 16.1. The molecular formula is C17H19FN6O3S. The van der Waals surface area contributed by atoms with Gasteiger partial charge >= 0.3 is 0 Å². The van der Waals surface area contributed by atoms with E-state index in [0.29, 0.717) is 22.3 Å². The SMILES string of the molecule is COC1CSC(N)=N[C@]1(C)c1cc(NC(=O)c2cnc(OCF)cn2)ccn1. The average molecular weight is 406 g/mol. The standard InChI is InChI=1S/C17H19FN6O3S/c1-17(13(26-2)8-28-16(19)24-17)12-5-10(3-4-20-12)23-15(25)11-6-22-14(7-21-11)27-9-18/h3-7,13H,8-9H2,1-2H3,(H2,19,24)(H,20,23,25)/t13?,17-/m1/s1. The van der Waals surface area contributed by atoms with Crippen LogP contribution in [0, 0.1) is 0 Å². The minimum absolute atomic E-state index is 0.00519. The molecule has 0 bridgehead atoms. The Morgan fingerprint density at radius 1 is 1.43 bits per heavy atom. The van der Waals surface area contributed by atoms with E-state index in [9.17, 15) is 9.18 Å². The van der Waals surface area contributed by atoms with Crippen molar-refractivity contribution in [2.24, 2.45) is 10.7 Å². The molecule has 0 radical (unpaired) electrons. The number of hydrogen-bond donors (Lipinski definition) is 2. The molecule has 0 fully saturated rings. The molecule has 1 amide bonds. The highest BCUT2D eigenvalue weighted by atomic mass is 32.2. The van der Waals surface area contributed by atoms with Crippen molar-refractivity contribution in [3.63, 3.8) is 0 Å². The molecule has 9 nitrogen and oxygen atoms in total. The van der Waals surface area contributed by atoms with E-state index in [1.54, 1.807) is 25.4 Å². The fourth-order valence-corrected chi connectivity index (χ4v) is 3.76. The zero-order valence-electron chi connectivity index (χ0n) is 15.3. The van der Waals surface area contributed by atoms with Gasteiger partial charge in [0.1, 0.15) is 11.2 Å². The third-order valence-corrected chi connectivity index (χ3v) is 5.09. The Labute approximate surface area is 165 Å². The fourth-order valence-electron chi connectivity index (χ4n) is 2.72. The molecule has 11 heteroatoms. The number of nitrogens with one attached hydrogen (secondary N) is 1. The van der Waals surface area contributed by atoms with Crippen LogP contribution in [-0.4, -0.2) is 51.9 Å². The summed E-state index contributed by atoms with van der Waals surface area (Å²) in [5.74, 6) is 0.158. The molecule has 0 spiro atoms. The van der Waals surface area contributed by atoms with Gasteiger partial charge in [-0.2, -0.15) is 0 Å². The first-order valence-corrected chi connectivity index (χ1v) is 9.24. The lowest BCUT2D eigenvalue weighted by molar-refractivity contribution is 0.0576. The molecule has 2 aromatic heterocycles. The van der Waals surface area contributed by atoms with Crippen molar-refractivity contribution in [2.45, 2.75) is 18.6 Å². The number of nitrogens with two attached hydrogens (primary N) is 1. The number of halogens is 1. The number of aromatic nitrogens is 3. The molecule has 1 unspecified atom stereocenters. The molecule has 2 aromatic rings. The number of carbonyl (C=O) groups excluding carboxylic acids is 1. The number of anilines is 1. The maximum atomic E-state index is 12.4. The van der Waals surface area contributed by atoms with Gasteiger partial charge in [0, 0.05) is 24.7 Å². The highest BCUT2D eigenvalue weighted by Gasteiger charge is 2.40. The lowest BCUT2D eigenvalue weighted by atomic mass is 9.91. The predicted molar refractivity (Wildman–Crippen MR) is 103 cm³/mol. The van der Waals surface area contributed by atoms with E-state index in [2.05, 4.69) is 30.0 Å². The van der Waals surface area contributed by atoms with Crippen molar-refractivity contribution in [1.82, 2.24) is 15.0 Å². The zero-order chi connectivity index (χ0) is 20.1. The van der Waals surface area contributed by atoms with Gasteiger partial charge in [-0.1, -0.05) is 11.8 Å². The topological polar surface area (TPSA) is 125 Å². The van der Waals surface area contributed by atoms with Crippen LogP contribution in [0.3, 0.4) is 0 Å². The van der Waals surface area contributed by atoms with Crippen LogP contribution in [0.5, 0.6) is 5.88 Å². The predicted octanol–water partition coefficient (Wildman–Crippen LogP) is 1.72. The van der Waals surface area contributed by atoms with Crippen LogP contribution in [0.2, 0.25) is 0 Å². The first-order chi connectivity index (χ1) is 13.5. The van der Waals surface area contributed by atoms with Crippen LogP contribution < -0.4 is 15.8 Å². The molecule has 3 rings (SSSR count). The van der Waals surface area contributed by atoms with Crippen LogP contribution in [0.25, 0.3) is 0 Å². The highest BCUT2D eigenvalue weighted by Crippen LogP contribution is 2.36. The minimum atomic E-state index is -1.02. The maximum Gasteiger partial charge on any atom is 0.275 e. The lowest BCUT2D eigenvalue weighted by Gasteiger charge is -2.36. The van der Waals surface area contributed by atoms with Crippen molar-refractivity contribution < 1.29 is 18.7 Å². The van der Waals surface area contributed by atoms with Crippen LogP contribution in [0.4, 0.5) is 10.1 Å². The number of carbonyl (C=O) groups is 1. The van der Waals surface area contributed by atoms with Crippen LogP contribution in [0.15, 0.2) is 35.7 Å². The second-order valence-corrected chi connectivity index (χ2v) is 7.05. The molecule has 3 heterocycles.